The number of hydrogen-bond donors (Lipinski definition) is 0. The molecule has 2 heterocycles. The van der Waals surface area contributed by atoms with E-state index < -0.39 is 0 Å². The monoisotopic (exact) mass is 286 g/mol. The molecule has 0 bridgehead atoms. The Kier molecular flexibility index (Phi) is 4.16. The number of piperidine rings is 1. The fourth-order valence-electron chi connectivity index (χ4n) is 2.29. The van der Waals surface area contributed by atoms with Crippen LogP contribution in [0.1, 0.15) is 36.5 Å². The van der Waals surface area contributed by atoms with Crippen LogP contribution in [0, 0.1) is 5.41 Å². The van der Waals surface area contributed by atoms with E-state index in [4.69, 9.17) is 20.9 Å². The van der Waals surface area contributed by atoms with E-state index in [0.29, 0.717) is 31.2 Å². The third-order valence-corrected chi connectivity index (χ3v) is 4.26. The molecule has 0 aliphatic carbocycles. The lowest BCUT2D eigenvalue weighted by Crippen LogP contribution is -2.49. The third-order valence-electron chi connectivity index (χ3n) is 3.45. The van der Waals surface area contributed by atoms with Crippen LogP contribution in [-0.4, -0.2) is 41.5 Å². The van der Waals surface area contributed by atoms with Crippen LogP contribution in [0.3, 0.4) is 0 Å². The van der Waals surface area contributed by atoms with Crippen molar-refractivity contribution in [2.45, 2.75) is 32.3 Å². The van der Waals surface area contributed by atoms with E-state index in [1.165, 1.54) is 0 Å². The van der Waals surface area contributed by atoms with Crippen LogP contribution >= 0.6 is 11.6 Å². The Balaban J connectivity index is 2.07. The summed E-state index contributed by atoms with van der Waals surface area (Å²) in [6, 6.07) is 1.63. The topological polar surface area (TPSA) is 55.6 Å². The number of carbonyl (C=O) groups excluding carboxylic acids is 1. The minimum absolute atomic E-state index is 0.0887. The zero-order chi connectivity index (χ0) is 14.0. The maximum Gasteiger partial charge on any atom is 0.276 e. The molecule has 1 amide bonds. The second-order valence-corrected chi connectivity index (χ2v) is 6.11. The summed E-state index contributed by atoms with van der Waals surface area (Å²) < 4.78 is 9.98. The quantitative estimate of drug-likeness (QED) is 0.800. The van der Waals surface area contributed by atoms with Gasteiger partial charge in [0, 0.05) is 31.6 Å². The lowest BCUT2D eigenvalue weighted by molar-refractivity contribution is 0.0582. The van der Waals surface area contributed by atoms with Gasteiger partial charge in [0.1, 0.15) is 6.61 Å². The van der Waals surface area contributed by atoms with E-state index in [1.807, 2.05) is 0 Å². The number of rotatable bonds is 3. The molecule has 0 radical (unpaired) electrons. The van der Waals surface area contributed by atoms with Gasteiger partial charge in [0.2, 0.25) is 0 Å². The second kappa shape index (κ2) is 5.51. The van der Waals surface area contributed by atoms with Crippen LogP contribution in [0.5, 0.6) is 0 Å². The number of alkyl halides is 1. The van der Waals surface area contributed by atoms with E-state index in [2.05, 4.69) is 19.0 Å². The number of likely N-dealkylation sites (tertiary alicyclic amines) is 1. The fourth-order valence-corrected chi connectivity index (χ4v) is 2.46. The summed E-state index contributed by atoms with van der Waals surface area (Å²) in [7, 11) is 1.57. The highest BCUT2D eigenvalue weighted by molar-refractivity contribution is 6.21. The molecule has 0 saturated carbocycles. The van der Waals surface area contributed by atoms with E-state index in [9.17, 15) is 4.79 Å². The Hall–Kier alpha value is -1.07. The van der Waals surface area contributed by atoms with Gasteiger partial charge in [0.15, 0.2) is 11.5 Å². The molecule has 1 saturated heterocycles. The van der Waals surface area contributed by atoms with E-state index in [0.717, 1.165) is 6.42 Å². The maximum absolute atomic E-state index is 12.3. The average molecular weight is 287 g/mol. The van der Waals surface area contributed by atoms with Gasteiger partial charge >= 0.3 is 0 Å². The van der Waals surface area contributed by atoms with Crippen molar-refractivity contribution in [2.24, 2.45) is 5.41 Å². The van der Waals surface area contributed by atoms with Crippen LogP contribution in [0.4, 0.5) is 0 Å². The van der Waals surface area contributed by atoms with Gasteiger partial charge in [-0.05, 0) is 11.8 Å². The molecule has 0 spiro atoms. The van der Waals surface area contributed by atoms with Crippen molar-refractivity contribution in [3.05, 3.63) is 17.5 Å². The molecular formula is C13H19ClN2O3. The molecule has 1 aliphatic rings. The molecule has 1 fully saturated rings. The average Bonchev–Trinajstić information content (AvgIpc) is 2.81. The summed E-state index contributed by atoms with van der Waals surface area (Å²) in [4.78, 5) is 14.1. The van der Waals surface area contributed by atoms with Crippen molar-refractivity contribution in [1.29, 1.82) is 0 Å². The minimum atomic E-state index is -0.109. The predicted octanol–water partition coefficient (Wildman–Crippen LogP) is 2.30. The first-order valence-electron chi connectivity index (χ1n) is 6.32. The highest BCUT2D eigenvalue weighted by Gasteiger charge is 2.37. The lowest BCUT2D eigenvalue weighted by atomic mass is 9.83. The highest BCUT2D eigenvalue weighted by atomic mass is 35.5. The maximum atomic E-state index is 12.3. The van der Waals surface area contributed by atoms with Gasteiger partial charge in [-0.25, -0.2) is 0 Å². The van der Waals surface area contributed by atoms with Gasteiger partial charge in [-0.3, -0.25) is 4.79 Å². The summed E-state index contributed by atoms with van der Waals surface area (Å²) in [5.74, 6) is 0.445. The molecule has 0 aromatic carbocycles. The number of ether oxygens (including phenoxy) is 1. The number of carbonyl (C=O) groups is 1. The third kappa shape index (κ3) is 3.09. The molecule has 0 N–H and O–H groups in total. The predicted molar refractivity (Wildman–Crippen MR) is 71.2 cm³/mol. The zero-order valence-corrected chi connectivity index (χ0v) is 12.2. The largest absolute Gasteiger partial charge is 0.377 e. The molecule has 19 heavy (non-hydrogen) atoms. The first-order valence-corrected chi connectivity index (χ1v) is 6.75. The van der Waals surface area contributed by atoms with Crippen LogP contribution in [0.2, 0.25) is 0 Å². The molecule has 1 aromatic heterocycles. The van der Waals surface area contributed by atoms with Gasteiger partial charge in [-0.1, -0.05) is 19.0 Å². The van der Waals surface area contributed by atoms with Gasteiger partial charge in [-0.2, -0.15) is 0 Å². The number of hydrogen-bond acceptors (Lipinski definition) is 4. The summed E-state index contributed by atoms with van der Waals surface area (Å²) in [5, 5.41) is 3.89. The van der Waals surface area contributed by atoms with E-state index >= 15 is 0 Å². The molecule has 5 nitrogen and oxygen atoms in total. The molecule has 1 atom stereocenters. The van der Waals surface area contributed by atoms with Gasteiger partial charge in [0.25, 0.3) is 5.91 Å². The highest BCUT2D eigenvalue weighted by Crippen LogP contribution is 2.33. The van der Waals surface area contributed by atoms with Gasteiger partial charge in [0.05, 0.1) is 0 Å². The Morgan fingerprint density at radius 2 is 2.42 bits per heavy atom. The number of halogens is 1. The number of amides is 1. The van der Waals surface area contributed by atoms with E-state index in [-0.39, 0.29) is 16.7 Å². The van der Waals surface area contributed by atoms with Crippen LogP contribution < -0.4 is 0 Å². The van der Waals surface area contributed by atoms with Crippen LogP contribution in [0.15, 0.2) is 10.6 Å². The van der Waals surface area contributed by atoms with Crippen molar-refractivity contribution in [1.82, 2.24) is 10.1 Å². The Morgan fingerprint density at radius 1 is 1.68 bits per heavy atom. The van der Waals surface area contributed by atoms with Crippen molar-refractivity contribution in [3.63, 3.8) is 0 Å². The molecule has 1 unspecified atom stereocenters. The smallest absolute Gasteiger partial charge is 0.276 e. The normalized spacial score (nSPS) is 22.5. The fraction of sp³-hybridized carbons (Fsp3) is 0.692. The number of nitrogens with zero attached hydrogens (tertiary/aromatic N) is 2. The van der Waals surface area contributed by atoms with E-state index in [1.54, 1.807) is 18.1 Å². The standard InChI is InChI=1S/C13H19ClN2O3/c1-13(2)8-16(5-4-11(13)14)12(17)10-6-9(7-18-3)19-15-10/h6,11H,4-5,7-8H2,1-3H3. The molecule has 6 heteroatoms. The minimum Gasteiger partial charge on any atom is -0.377 e. The first kappa shape index (κ1) is 14.3. The summed E-state index contributed by atoms with van der Waals surface area (Å²) >= 11 is 6.28. The van der Waals surface area contributed by atoms with Gasteiger partial charge < -0.3 is 14.2 Å². The Labute approximate surface area is 117 Å². The van der Waals surface area contributed by atoms with Crippen LogP contribution in [-0.2, 0) is 11.3 Å². The SMILES string of the molecule is COCc1cc(C(=O)N2CCC(Cl)C(C)(C)C2)no1. The molecule has 106 valence electrons. The first-order chi connectivity index (χ1) is 8.94. The van der Waals surface area contributed by atoms with Crippen molar-refractivity contribution < 1.29 is 14.1 Å². The van der Waals surface area contributed by atoms with Crippen molar-refractivity contribution >= 4 is 17.5 Å². The zero-order valence-electron chi connectivity index (χ0n) is 11.5. The number of aromatic nitrogens is 1. The second-order valence-electron chi connectivity index (χ2n) is 5.58. The Bertz CT molecular complexity index is 458. The molecule has 2 rings (SSSR count). The molecule has 1 aliphatic heterocycles. The molecule has 1 aromatic rings. The summed E-state index contributed by atoms with van der Waals surface area (Å²) in [6.07, 6.45) is 0.795. The van der Waals surface area contributed by atoms with Crippen molar-refractivity contribution in [3.8, 4) is 0 Å². The summed E-state index contributed by atoms with van der Waals surface area (Å²) in [6.45, 7) is 5.75. The number of methoxy groups -OCH3 is 1. The summed E-state index contributed by atoms with van der Waals surface area (Å²) in [5.41, 5.74) is 0.241. The van der Waals surface area contributed by atoms with Crippen LogP contribution in [0.25, 0.3) is 0 Å². The van der Waals surface area contributed by atoms with Crippen molar-refractivity contribution in [2.75, 3.05) is 20.2 Å². The molecular weight excluding hydrogens is 268 g/mol. The van der Waals surface area contributed by atoms with Gasteiger partial charge in [-0.15, -0.1) is 11.6 Å². The Morgan fingerprint density at radius 3 is 3.05 bits per heavy atom. The lowest BCUT2D eigenvalue weighted by Gasteiger charge is -2.41.